The Kier molecular flexibility index (Phi) is 6.31. The fraction of sp³-hybridized carbons (Fsp3) is 0.292. The van der Waals surface area contributed by atoms with Crippen LogP contribution in [-0.2, 0) is 4.79 Å². The van der Waals surface area contributed by atoms with Crippen LogP contribution in [0.4, 0.5) is 0 Å². The van der Waals surface area contributed by atoms with Gasteiger partial charge in [0, 0.05) is 25.2 Å². The van der Waals surface area contributed by atoms with E-state index in [1.807, 2.05) is 42.5 Å². The number of nitrogens with zero attached hydrogens (tertiary/aromatic N) is 2. The predicted molar refractivity (Wildman–Crippen MR) is 115 cm³/mol. The molecule has 1 aliphatic rings. The summed E-state index contributed by atoms with van der Waals surface area (Å²) in [7, 11) is 1.62. The second kappa shape index (κ2) is 9.47. The van der Waals surface area contributed by atoms with Crippen LogP contribution in [-0.4, -0.2) is 41.9 Å². The van der Waals surface area contributed by atoms with Gasteiger partial charge in [0.1, 0.15) is 12.0 Å². The Balaban J connectivity index is 1.45. The molecule has 160 valence electrons. The first-order chi connectivity index (χ1) is 15.2. The molecule has 7 heteroatoms. The molecule has 1 atom stereocenters. The van der Waals surface area contributed by atoms with Crippen molar-refractivity contribution in [2.45, 2.75) is 18.9 Å². The van der Waals surface area contributed by atoms with Crippen LogP contribution < -0.4 is 10.1 Å². The van der Waals surface area contributed by atoms with E-state index in [2.05, 4.69) is 10.3 Å². The third kappa shape index (κ3) is 4.77. The molecule has 2 amide bonds. The highest BCUT2D eigenvalue weighted by Gasteiger charge is 2.30. The number of benzene rings is 1. The minimum Gasteiger partial charge on any atom is -0.497 e. The average Bonchev–Trinajstić information content (AvgIpc) is 3.37. The highest BCUT2D eigenvalue weighted by molar-refractivity contribution is 5.94. The molecule has 3 aromatic rings. The first-order valence-electron chi connectivity index (χ1n) is 10.3. The molecule has 7 nitrogen and oxygen atoms in total. The number of nitrogens with one attached hydrogen (secondary N) is 1. The zero-order valence-electron chi connectivity index (χ0n) is 17.4. The first kappa shape index (κ1) is 20.7. The highest BCUT2D eigenvalue weighted by atomic mass is 16.5. The molecule has 4 rings (SSSR count). The summed E-state index contributed by atoms with van der Waals surface area (Å²) >= 11 is 0. The van der Waals surface area contributed by atoms with E-state index in [1.54, 1.807) is 24.3 Å². The number of hydrogen-bond donors (Lipinski definition) is 1. The zero-order valence-corrected chi connectivity index (χ0v) is 17.4. The Morgan fingerprint density at radius 1 is 1.16 bits per heavy atom. The number of likely N-dealkylation sites (tertiary alicyclic amines) is 1. The third-order valence-corrected chi connectivity index (χ3v) is 5.62. The van der Waals surface area contributed by atoms with Gasteiger partial charge in [-0.05, 0) is 48.7 Å². The largest absolute Gasteiger partial charge is 0.497 e. The molecule has 0 radical (unpaired) electrons. The molecular formula is C24H25N3O4. The normalized spacial score (nSPS) is 15.3. The number of hydrogen-bond acceptors (Lipinski definition) is 5. The van der Waals surface area contributed by atoms with E-state index in [1.165, 1.54) is 12.5 Å². The Morgan fingerprint density at radius 2 is 2.00 bits per heavy atom. The summed E-state index contributed by atoms with van der Waals surface area (Å²) in [6.45, 7) is 1.07. The number of carbonyl (C=O) groups excluding carboxylic acids is 2. The third-order valence-electron chi connectivity index (χ3n) is 5.62. The van der Waals surface area contributed by atoms with Crippen LogP contribution in [0.3, 0.4) is 0 Å². The second-order valence-corrected chi connectivity index (χ2v) is 7.55. The highest BCUT2D eigenvalue weighted by Crippen LogP contribution is 2.26. The number of piperidine rings is 1. The molecule has 3 heterocycles. The van der Waals surface area contributed by atoms with Crippen LogP contribution in [0.15, 0.2) is 71.7 Å². The van der Waals surface area contributed by atoms with Crippen LogP contribution >= 0.6 is 0 Å². The van der Waals surface area contributed by atoms with E-state index < -0.39 is 0 Å². The van der Waals surface area contributed by atoms with Crippen LogP contribution in [0.1, 0.15) is 40.5 Å². The van der Waals surface area contributed by atoms with Crippen molar-refractivity contribution in [3.63, 3.8) is 0 Å². The number of ether oxygens (including phenoxy) is 1. The molecule has 1 fully saturated rings. The first-order valence-corrected chi connectivity index (χ1v) is 10.3. The minimum absolute atomic E-state index is 0.0334. The lowest BCUT2D eigenvalue weighted by Gasteiger charge is -2.32. The number of methoxy groups -OCH3 is 1. The molecule has 31 heavy (non-hydrogen) atoms. The molecule has 0 aliphatic carbocycles. The van der Waals surface area contributed by atoms with Crippen LogP contribution in [0, 0.1) is 5.92 Å². The van der Waals surface area contributed by atoms with E-state index in [0.29, 0.717) is 31.5 Å². The smallest absolute Gasteiger partial charge is 0.257 e. The topological polar surface area (TPSA) is 84.7 Å². The maximum Gasteiger partial charge on any atom is 0.257 e. The van der Waals surface area contributed by atoms with Crippen molar-refractivity contribution < 1.29 is 18.7 Å². The number of furan rings is 1. The Morgan fingerprint density at radius 3 is 2.68 bits per heavy atom. The number of pyridine rings is 1. The average molecular weight is 419 g/mol. The van der Waals surface area contributed by atoms with Crippen molar-refractivity contribution in [2.24, 2.45) is 5.92 Å². The van der Waals surface area contributed by atoms with E-state index in [4.69, 9.17) is 9.15 Å². The Bertz CT molecular complexity index is 1010. The summed E-state index contributed by atoms with van der Waals surface area (Å²) in [6.07, 6.45) is 5.88. The lowest BCUT2D eigenvalue weighted by Crippen LogP contribution is -2.43. The van der Waals surface area contributed by atoms with Crippen molar-refractivity contribution in [3.8, 4) is 5.75 Å². The lowest BCUT2D eigenvalue weighted by molar-refractivity contribution is -0.126. The van der Waals surface area contributed by atoms with Crippen molar-refractivity contribution in [1.82, 2.24) is 15.2 Å². The molecule has 2 aromatic heterocycles. The van der Waals surface area contributed by atoms with Crippen LogP contribution in [0.25, 0.3) is 0 Å². The molecule has 0 spiro atoms. The SMILES string of the molecule is COc1cccc(C(NC(=O)C2CCN(C(=O)c3ccoc3)CC2)c2ccccn2)c1. The molecule has 1 N–H and O–H groups in total. The molecule has 0 bridgehead atoms. The van der Waals surface area contributed by atoms with E-state index in [-0.39, 0.29) is 23.8 Å². The van der Waals surface area contributed by atoms with Crippen LogP contribution in [0.2, 0.25) is 0 Å². The number of rotatable bonds is 6. The van der Waals surface area contributed by atoms with Gasteiger partial charge in [-0.1, -0.05) is 18.2 Å². The fourth-order valence-corrected chi connectivity index (χ4v) is 3.87. The summed E-state index contributed by atoms with van der Waals surface area (Å²) in [5.41, 5.74) is 2.20. The fourth-order valence-electron chi connectivity index (χ4n) is 3.87. The lowest BCUT2D eigenvalue weighted by atomic mass is 9.94. The van der Waals surface area contributed by atoms with Gasteiger partial charge >= 0.3 is 0 Å². The van der Waals surface area contributed by atoms with Gasteiger partial charge in [-0.15, -0.1) is 0 Å². The second-order valence-electron chi connectivity index (χ2n) is 7.55. The molecule has 0 saturated carbocycles. The number of carbonyl (C=O) groups is 2. The predicted octanol–water partition coefficient (Wildman–Crippen LogP) is 3.44. The summed E-state index contributed by atoms with van der Waals surface area (Å²) in [4.78, 5) is 31.8. The van der Waals surface area contributed by atoms with Gasteiger partial charge in [0.25, 0.3) is 5.91 Å². The number of aromatic nitrogens is 1. The summed E-state index contributed by atoms with van der Waals surface area (Å²) in [6, 6.07) is 14.6. The van der Waals surface area contributed by atoms with Gasteiger partial charge < -0.3 is 19.4 Å². The van der Waals surface area contributed by atoms with Gasteiger partial charge in [-0.3, -0.25) is 14.6 Å². The van der Waals surface area contributed by atoms with Gasteiger partial charge in [-0.25, -0.2) is 0 Å². The summed E-state index contributed by atoms with van der Waals surface area (Å²) < 4.78 is 10.4. The van der Waals surface area contributed by atoms with Crippen molar-refractivity contribution in [2.75, 3.05) is 20.2 Å². The molecular weight excluding hydrogens is 394 g/mol. The zero-order chi connectivity index (χ0) is 21.6. The molecule has 1 aromatic carbocycles. The van der Waals surface area contributed by atoms with Crippen molar-refractivity contribution >= 4 is 11.8 Å². The standard InChI is InChI=1S/C24H25N3O4/c1-30-20-6-4-5-18(15-20)22(21-7-2-3-11-25-21)26-23(28)17-8-12-27(13-9-17)24(29)19-10-14-31-16-19/h2-7,10-11,14-17,22H,8-9,12-13H2,1H3,(H,26,28). The Hall–Kier alpha value is -3.61. The van der Waals surface area contributed by atoms with Crippen LogP contribution in [0.5, 0.6) is 5.75 Å². The van der Waals surface area contributed by atoms with Gasteiger partial charge in [0.15, 0.2) is 0 Å². The van der Waals surface area contributed by atoms with Gasteiger partial charge in [0.2, 0.25) is 5.91 Å². The summed E-state index contributed by atoms with van der Waals surface area (Å²) in [5.74, 6) is 0.466. The van der Waals surface area contributed by atoms with E-state index >= 15 is 0 Å². The van der Waals surface area contributed by atoms with Gasteiger partial charge in [-0.2, -0.15) is 0 Å². The number of amides is 2. The maximum absolute atomic E-state index is 13.1. The molecule has 1 unspecified atom stereocenters. The molecule has 1 aliphatic heterocycles. The van der Waals surface area contributed by atoms with Crippen molar-refractivity contribution in [3.05, 3.63) is 84.1 Å². The van der Waals surface area contributed by atoms with Gasteiger partial charge in [0.05, 0.1) is 30.7 Å². The van der Waals surface area contributed by atoms with Crippen molar-refractivity contribution in [1.29, 1.82) is 0 Å². The minimum atomic E-state index is -0.380. The molecule has 1 saturated heterocycles. The monoisotopic (exact) mass is 419 g/mol. The quantitative estimate of drug-likeness (QED) is 0.662. The van der Waals surface area contributed by atoms with E-state index in [9.17, 15) is 9.59 Å². The Labute approximate surface area is 181 Å². The maximum atomic E-state index is 13.1. The van der Waals surface area contributed by atoms with E-state index in [0.717, 1.165) is 17.0 Å². The summed E-state index contributed by atoms with van der Waals surface area (Å²) in [5, 5.41) is 3.17.